The second-order valence-corrected chi connectivity index (χ2v) is 20.9. The Bertz CT molecular complexity index is 794. The van der Waals surface area contributed by atoms with Crippen molar-refractivity contribution >= 4 is 49.7 Å². The van der Waals surface area contributed by atoms with Crippen LogP contribution >= 0.6 is 0 Å². The molecule has 0 aromatic heterocycles. The van der Waals surface area contributed by atoms with Crippen molar-refractivity contribution in [3.8, 4) is 0 Å². The molecule has 0 aromatic carbocycles. The van der Waals surface area contributed by atoms with Crippen molar-refractivity contribution in [2.45, 2.75) is 336 Å². The minimum atomic E-state index is -0.923. The van der Waals surface area contributed by atoms with Gasteiger partial charge in [-0.3, -0.25) is 9.80 Å². The largest absolute Gasteiger partial charge is 2.00 e. The van der Waals surface area contributed by atoms with Crippen LogP contribution in [-0.2, 0) is 9.59 Å². The average molecular weight is 974 g/mol. The van der Waals surface area contributed by atoms with Gasteiger partial charge in [0.15, 0.2) is 0 Å². The summed E-state index contributed by atoms with van der Waals surface area (Å²) < 4.78 is 0. The van der Waals surface area contributed by atoms with Crippen LogP contribution in [0.2, 0.25) is 0 Å². The number of hydrogen-bond donors (Lipinski definition) is 0. The molecule has 0 unspecified atom stereocenters. The SMILES string of the molecule is CCCCCCCCCCCCCCN(CCCCCCCCCCCCCC)CC(=O)[O-].CCCCCCCCCCCCCCN(CCCCCCCCCCCCCC)CC(=O)[O-].[Ca+2]. The maximum atomic E-state index is 11.1. The fourth-order valence-corrected chi connectivity index (χ4v) is 9.61. The van der Waals surface area contributed by atoms with E-state index in [9.17, 15) is 19.8 Å². The van der Waals surface area contributed by atoms with Gasteiger partial charge >= 0.3 is 37.7 Å². The van der Waals surface area contributed by atoms with Crippen molar-refractivity contribution in [3.05, 3.63) is 0 Å². The van der Waals surface area contributed by atoms with Crippen molar-refractivity contribution in [2.24, 2.45) is 0 Å². The zero-order chi connectivity index (χ0) is 48.5. The molecule has 0 aromatic rings. The quantitative estimate of drug-likeness (QED) is 0.0446. The third-order valence-corrected chi connectivity index (χ3v) is 14.0. The molecule has 0 radical (unpaired) electrons. The maximum Gasteiger partial charge on any atom is 2.00 e. The summed E-state index contributed by atoms with van der Waals surface area (Å²) in [6, 6.07) is 0. The van der Waals surface area contributed by atoms with Crippen LogP contribution < -0.4 is 10.2 Å². The van der Waals surface area contributed by atoms with Crippen molar-refractivity contribution in [1.82, 2.24) is 9.80 Å². The summed E-state index contributed by atoms with van der Waals surface area (Å²) in [5.74, 6) is -1.85. The predicted molar refractivity (Wildman–Crippen MR) is 293 cm³/mol. The summed E-state index contributed by atoms with van der Waals surface area (Å²) in [6.07, 6.45) is 64.6. The van der Waals surface area contributed by atoms with Crippen molar-refractivity contribution in [1.29, 1.82) is 0 Å². The Labute approximate surface area is 451 Å². The Morgan fingerprint density at radius 1 is 0.239 bits per heavy atom. The van der Waals surface area contributed by atoms with Gasteiger partial charge in [-0.1, -0.05) is 310 Å². The van der Waals surface area contributed by atoms with Gasteiger partial charge in [-0.2, -0.15) is 0 Å². The van der Waals surface area contributed by atoms with E-state index in [0.29, 0.717) is 0 Å². The normalized spacial score (nSPS) is 11.3. The van der Waals surface area contributed by atoms with Crippen LogP contribution in [0.4, 0.5) is 0 Å². The van der Waals surface area contributed by atoms with E-state index in [-0.39, 0.29) is 50.8 Å². The molecule has 0 aliphatic carbocycles. The molecular formula is C60H120CaN2O4. The van der Waals surface area contributed by atoms with Gasteiger partial charge in [0.1, 0.15) is 0 Å². The van der Waals surface area contributed by atoms with E-state index in [0.717, 1.165) is 51.9 Å². The molecular weight excluding hydrogens is 853 g/mol. The second kappa shape index (κ2) is 64.1. The first-order valence-electron chi connectivity index (χ1n) is 30.2. The molecule has 0 bridgehead atoms. The number of aliphatic carboxylic acids is 2. The fraction of sp³-hybridized carbons (Fsp3) is 0.967. The third kappa shape index (κ3) is 66.1. The maximum absolute atomic E-state index is 11.1. The van der Waals surface area contributed by atoms with Gasteiger partial charge in [-0.25, -0.2) is 0 Å². The Morgan fingerprint density at radius 3 is 0.478 bits per heavy atom. The summed E-state index contributed by atoms with van der Waals surface area (Å²) in [7, 11) is 0. The number of carboxylic acids is 2. The van der Waals surface area contributed by atoms with Crippen LogP contribution in [0.3, 0.4) is 0 Å². The first-order chi connectivity index (χ1) is 32.4. The molecule has 0 saturated heterocycles. The predicted octanol–water partition coefficient (Wildman–Crippen LogP) is 16.5. The molecule has 0 saturated carbocycles. The van der Waals surface area contributed by atoms with Crippen LogP contribution in [0.15, 0.2) is 0 Å². The number of carbonyl (C=O) groups is 2. The van der Waals surface area contributed by atoms with Crippen molar-refractivity contribution in [2.75, 3.05) is 39.3 Å². The Balaban J connectivity index is -0.00000120. The smallest absolute Gasteiger partial charge is 0.549 e. The summed E-state index contributed by atoms with van der Waals surface area (Å²) >= 11 is 0. The van der Waals surface area contributed by atoms with Gasteiger partial charge in [0.2, 0.25) is 0 Å². The van der Waals surface area contributed by atoms with Crippen LogP contribution in [0.5, 0.6) is 0 Å². The molecule has 7 heteroatoms. The monoisotopic (exact) mass is 973 g/mol. The van der Waals surface area contributed by atoms with E-state index < -0.39 is 11.9 Å². The van der Waals surface area contributed by atoms with E-state index in [4.69, 9.17) is 0 Å². The number of carbonyl (C=O) groups excluding carboxylic acids is 2. The number of nitrogens with zero attached hydrogens (tertiary/aromatic N) is 2. The number of rotatable bonds is 56. The van der Waals surface area contributed by atoms with Gasteiger partial charge in [0.05, 0.1) is 11.9 Å². The molecule has 0 fully saturated rings. The average Bonchev–Trinajstić information content (AvgIpc) is 3.30. The van der Waals surface area contributed by atoms with E-state index in [2.05, 4.69) is 37.5 Å². The summed E-state index contributed by atoms with van der Waals surface area (Å²) in [6.45, 7) is 13.0. The second-order valence-electron chi connectivity index (χ2n) is 20.9. The zero-order valence-electron chi connectivity index (χ0n) is 46.4. The van der Waals surface area contributed by atoms with E-state index in [1.54, 1.807) is 0 Å². The van der Waals surface area contributed by atoms with E-state index in [1.807, 2.05) is 0 Å². The van der Waals surface area contributed by atoms with Crippen molar-refractivity contribution < 1.29 is 19.8 Å². The van der Waals surface area contributed by atoms with Crippen molar-refractivity contribution in [3.63, 3.8) is 0 Å². The van der Waals surface area contributed by atoms with Crippen LogP contribution in [0, 0.1) is 0 Å². The van der Waals surface area contributed by atoms with Crippen LogP contribution in [0.1, 0.15) is 336 Å². The summed E-state index contributed by atoms with van der Waals surface area (Å²) in [5.41, 5.74) is 0. The molecule has 0 rings (SSSR count). The molecule has 0 aliphatic heterocycles. The minimum Gasteiger partial charge on any atom is -0.549 e. The third-order valence-electron chi connectivity index (χ3n) is 14.0. The topological polar surface area (TPSA) is 86.7 Å². The molecule has 0 amide bonds. The standard InChI is InChI=1S/2C30H61NO2.Ca/c2*1-3-5-7-9-11-13-15-17-19-21-23-25-27-31(29-30(32)33)28-26-24-22-20-18-16-14-12-10-8-6-4-2;/h2*3-29H2,1-2H3,(H,32,33);/q;;+2/p-2. The van der Waals surface area contributed by atoms with Crippen LogP contribution in [0.25, 0.3) is 0 Å². The summed E-state index contributed by atoms with van der Waals surface area (Å²) in [4.78, 5) is 26.4. The molecule has 396 valence electrons. The Hall–Kier alpha value is 0.120. The first kappa shape index (κ1) is 71.4. The molecule has 0 atom stereocenters. The van der Waals surface area contributed by atoms with Gasteiger partial charge < -0.3 is 19.8 Å². The fourth-order valence-electron chi connectivity index (χ4n) is 9.61. The zero-order valence-corrected chi connectivity index (χ0v) is 48.6. The van der Waals surface area contributed by atoms with Crippen LogP contribution in [-0.4, -0.2) is 98.7 Å². The minimum absolute atomic E-state index is 0. The summed E-state index contributed by atoms with van der Waals surface area (Å²) in [5, 5.41) is 22.2. The number of unbranched alkanes of at least 4 members (excludes halogenated alkanes) is 44. The molecule has 0 spiro atoms. The van der Waals surface area contributed by atoms with Gasteiger partial charge in [-0.15, -0.1) is 0 Å². The van der Waals surface area contributed by atoms with Gasteiger partial charge in [-0.05, 0) is 51.9 Å². The molecule has 0 heterocycles. The molecule has 67 heavy (non-hydrogen) atoms. The molecule has 0 N–H and O–H groups in total. The Kier molecular flexibility index (Phi) is 68.3. The van der Waals surface area contributed by atoms with E-state index in [1.165, 1.54) is 283 Å². The Morgan fingerprint density at radius 2 is 0.358 bits per heavy atom. The number of hydrogen-bond acceptors (Lipinski definition) is 6. The number of carboxylic acid groups (broad SMARTS) is 2. The molecule has 6 nitrogen and oxygen atoms in total. The first-order valence-corrected chi connectivity index (χ1v) is 30.2. The van der Waals surface area contributed by atoms with E-state index >= 15 is 0 Å². The molecule has 0 aliphatic rings. The van der Waals surface area contributed by atoms with Gasteiger partial charge in [0.25, 0.3) is 0 Å². The van der Waals surface area contributed by atoms with Gasteiger partial charge in [0, 0.05) is 13.1 Å².